The molecule has 0 saturated carbocycles. The Hall–Kier alpha value is -1.55. The predicted octanol–water partition coefficient (Wildman–Crippen LogP) is 2.56. The molecule has 2 rings (SSSR count). The fraction of sp³-hybridized carbons (Fsp3) is 0.385. The zero-order valence-electron chi connectivity index (χ0n) is 10.4. The van der Waals surface area contributed by atoms with Crippen molar-refractivity contribution in [2.75, 3.05) is 0 Å². The van der Waals surface area contributed by atoms with Crippen LogP contribution < -0.4 is 5.32 Å². The fourth-order valence-electron chi connectivity index (χ4n) is 2.02. The lowest BCUT2D eigenvalue weighted by Crippen LogP contribution is -2.45. The molecule has 18 heavy (non-hydrogen) atoms. The van der Waals surface area contributed by atoms with Crippen molar-refractivity contribution in [1.82, 2.24) is 10.2 Å². The molecular formula is C13H15ClN2O2. The summed E-state index contributed by atoms with van der Waals surface area (Å²) < 4.78 is 0. The predicted molar refractivity (Wildman–Crippen MR) is 69.2 cm³/mol. The van der Waals surface area contributed by atoms with Gasteiger partial charge in [-0.05, 0) is 31.0 Å². The lowest BCUT2D eigenvalue weighted by atomic mass is 9.97. The van der Waals surface area contributed by atoms with Crippen LogP contribution in [0.3, 0.4) is 0 Å². The molecule has 1 aliphatic rings. The monoisotopic (exact) mass is 266 g/mol. The molecule has 3 amide bonds. The third-order valence-corrected chi connectivity index (χ3v) is 3.74. The topological polar surface area (TPSA) is 49.4 Å². The summed E-state index contributed by atoms with van der Waals surface area (Å²) in [7, 11) is 0. The quantitative estimate of drug-likeness (QED) is 0.855. The second kappa shape index (κ2) is 4.61. The Bertz CT molecular complexity index is 486. The van der Waals surface area contributed by atoms with E-state index < -0.39 is 5.54 Å². The van der Waals surface area contributed by atoms with E-state index in [2.05, 4.69) is 5.32 Å². The van der Waals surface area contributed by atoms with Crippen molar-refractivity contribution in [3.63, 3.8) is 0 Å². The Labute approximate surface area is 111 Å². The van der Waals surface area contributed by atoms with Crippen molar-refractivity contribution in [1.29, 1.82) is 0 Å². The van der Waals surface area contributed by atoms with Gasteiger partial charge in [-0.3, -0.25) is 10.1 Å². The molecule has 1 heterocycles. The van der Waals surface area contributed by atoms with E-state index in [1.54, 1.807) is 24.0 Å². The van der Waals surface area contributed by atoms with E-state index in [1.165, 1.54) is 0 Å². The van der Waals surface area contributed by atoms with E-state index in [0.717, 1.165) is 5.56 Å². The minimum atomic E-state index is -0.767. The fourth-order valence-corrected chi connectivity index (χ4v) is 2.14. The number of urea groups is 1. The smallest absolute Gasteiger partial charge is 0.306 e. The van der Waals surface area contributed by atoms with Crippen molar-refractivity contribution in [2.24, 2.45) is 0 Å². The van der Waals surface area contributed by atoms with Gasteiger partial charge < -0.3 is 4.90 Å². The normalized spacial score (nSPS) is 23.4. The van der Waals surface area contributed by atoms with E-state index >= 15 is 0 Å². The average Bonchev–Trinajstić information content (AvgIpc) is 2.56. The molecule has 0 aliphatic carbocycles. The number of carbonyl (C=O) groups excluding carboxylic acids is 2. The molecule has 5 heteroatoms. The summed E-state index contributed by atoms with van der Waals surface area (Å²) in [5.41, 5.74) is 0.181. The van der Waals surface area contributed by atoms with Gasteiger partial charge in [0.15, 0.2) is 0 Å². The summed E-state index contributed by atoms with van der Waals surface area (Å²) in [4.78, 5) is 25.2. The largest absolute Gasteiger partial charge is 0.325 e. The zero-order chi connectivity index (χ0) is 13.3. The summed E-state index contributed by atoms with van der Waals surface area (Å²) in [5, 5.41) is 3.01. The number of nitrogens with zero attached hydrogens (tertiary/aromatic N) is 1. The summed E-state index contributed by atoms with van der Waals surface area (Å²) in [6.45, 7) is 4.08. The summed E-state index contributed by atoms with van der Waals surface area (Å²) in [5.74, 6) is -0.232. The van der Waals surface area contributed by atoms with Crippen LogP contribution in [0.4, 0.5) is 4.79 Å². The van der Waals surface area contributed by atoms with Crippen LogP contribution in [0.2, 0.25) is 5.02 Å². The second-order valence-corrected chi connectivity index (χ2v) is 5.04. The molecule has 1 aromatic rings. The van der Waals surface area contributed by atoms with Crippen LogP contribution in [0.1, 0.15) is 25.8 Å². The first-order valence-corrected chi connectivity index (χ1v) is 6.22. The van der Waals surface area contributed by atoms with Gasteiger partial charge in [0.05, 0.1) is 0 Å². The number of benzene rings is 1. The Kier molecular flexibility index (Phi) is 3.30. The van der Waals surface area contributed by atoms with Crippen LogP contribution in [0.5, 0.6) is 0 Å². The summed E-state index contributed by atoms with van der Waals surface area (Å²) >= 11 is 5.82. The van der Waals surface area contributed by atoms with Crippen LogP contribution >= 0.6 is 11.6 Å². The van der Waals surface area contributed by atoms with Gasteiger partial charge in [-0.2, -0.15) is 0 Å². The van der Waals surface area contributed by atoms with Gasteiger partial charge >= 0.3 is 6.03 Å². The number of imide groups is 1. The van der Waals surface area contributed by atoms with Gasteiger partial charge in [-0.15, -0.1) is 0 Å². The molecule has 1 fully saturated rings. The molecule has 1 unspecified atom stereocenters. The highest BCUT2D eigenvalue weighted by Crippen LogP contribution is 2.27. The van der Waals surface area contributed by atoms with Gasteiger partial charge in [0, 0.05) is 11.6 Å². The highest BCUT2D eigenvalue weighted by molar-refractivity contribution is 6.30. The molecule has 1 N–H and O–H groups in total. The molecule has 4 nitrogen and oxygen atoms in total. The molecule has 0 bridgehead atoms. The molecule has 0 aromatic heterocycles. The summed E-state index contributed by atoms with van der Waals surface area (Å²) in [6.07, 6.45) is 0.582. The van der Waals surface area contributed by atoms with Gasteiger partial charge in [0.25, 0.3) is 5.91 Å². The maximum absolute atomic E-state index is 11.8. The Morgan fingerprint density at radius 2 is 1.89 bits per heavy atom. The Morgan fingerprint density at radius 1 is 1.28 bits per heavy atom. The van der Waals surface area contributed by atoms with Crippen LogP contribution in [0, 0.1) is 0 Å². The van der Waals surface area contributed by atoms with E-state index in [0.29, 0.717) is 18.0 Å². The van der Waals surface area contributed by atoms with Crippen LogP contribution in [-0.2, 0) is 11.3 Å². The number of hydrogen-bond acceptors (Lipinski definition) is 2. The van der Waals surface area contributed by atoms with Crippen molar-refractivity contribution >= 4 is 23.5 Å². The minimum absolute atomic E-state index is 0.232. The standard InChI is InChI=1S/C13H15ClN2O2/c1-3-13(2)11(17)15-12(18)16(13)8-9-4-6-10(14)7-5-9/h4-7H,3,8H2,1-2H3,(H,15,17,18). The van der Waals surface area contributed by atoms with Crippen LogP contribution in [0.25, 0.3) is 0 Å². The number of rotatable bonds is 3. The number of carbonyl (C=O) groups is 2. The highest BCUT2D eigenvalue weighted by Gasteiger charge is 2.47. The van der Waals surface area contributed by atoms with Gasteiger partial charge in [0.2, 0.25) is 0 Å². The van der Waals surface area contributed by atoms with Crippen molar-refractivity contribution in [2.45, 2.75) is 32.4 Å². The van der Waals surface area contributed by atoms with Crippen molar-refractivity contribution in [3.8, 4) is 0 Å². The third kappa shape index (κ3) is 2.08. The lowest BCUT2D eigenvalue weighted by molar-refractivity contribution is -0.126. The molecule has 96 valence electrons. The van der Waals surface area contributed by atoms with E-state index in [-0.39, 0.29) is 11.9 Å². The molecule has 1 atom stereocenters. The molecular weight excluding hydrogens is 252 g/mol. The molecule has 1 aliphatic heterocycles. The number of hydrogen-bond donors (Lipinski definition) is 1. The number of amides is 3. The van der Waals surface area contributed by atoms with Gasteiger partial charge in [0.1, 0.15) is 5.54 Å². The number of nitrogens with one attached hydrogen (secondary N) is 1. The maximum atomic E-state index is 11.8. The molecule has 0 spiro atoms. The first-order chi connectivity index (χ1) is 8.47. The maximum Gasteiger partial charge on any atom is 0.325 e. The van der Waals surface area contributed by atoms with E-state index in [9.17, 15) is 9.59 Å². The summed E-state index contributed by atoms with van der Waals surface area (Å²) in [6, 6.07) is 6.92. The lowest BCUT2D eigenvalue weighted by Gasteiger charge is -2.30. The van der Waals surface area contributed by atoms with E-state index in [1.807, 2.05) is 19.1 Å². The van der Waals surface area contributed by atoms with Crippen LogP contribution in [0.15, 0.2) is 24.3 Å². The van der Waals surface area contributed by atoms with E-state index in [4.69, 9.17) is 11.6 Å². The van der Waals surface area contributed by atoms with Crippen molar-refractivity contribution < 1.29 is 9.59 Å². The molecule has 1 aromatic carbocycles. The Morgan fingerprint density at radius 3 is 2.44 bits per heavy atom. The molecule has 0 radical (unpaired) electrons. The van der Waals surface area contributed by atoms with Gasteiger partial charge in [-0.25, -0.2) is 4.79 Å². The Balaban J connectivity index is 2.24. The number of halogens is 1. The van der Waals surface area contributed by atoms with Crippen LogP contribution in [-0.4, -0.2) is 22.4 Å². The first kappa shape index (κ1) is 12.9. The highest BCUT2D eigenvalue weighted by atomic mass is 35.5. The average molecular weight is 267 g/mol. The first-order valence-electron chi connectivity index (χ1n) is 5.85. The molecule has 1 saturated heterocycles. The SMILES string of the molecule is CCC1(C)C(=O)NC(=O)N1Cc1ccc(Cl)cc1. The van der Waals surface area contributed by atoms with Gasteiger partial charge in [-0.1, -0.05) is 30.7 Å². The van der Waals surface area contributed by atoms with Crippen molar-refractivity contribution in [3.05, 3.63) is 34.9 Å². The third-order valence-electron chi connectivity index (χ3n) is 3.49. The minimum Gasteiger partial charge on any atom is -0.306 e. The zero-order valence-corrected chi connectivity index (χ0v) is 11.1. The second-order valence-electron chi connectivity index (χ2n) is 4.60.